The molecule has 6 nitrogen and oxygen atoms in total. The molecule has 0 saturated heterocycles. The van der Waals surface area contributed by atoms with Crippen LogP contribution in [0.25, 0.3) is 0 Å². The smallest absolute Gasteiger partial charge is 1.00 e. The van der Waals surface area contributed by atoms with E-state index in [0.717, 1.165) is 57.8 Å². The van der Waals surface area contributed by atoms with Gasteiger partial charge in [-0.3, -0.25) is 8.74 Å². The minimum absolute atomic E-state index is 0. The maximum Gasteiger partial charge on any atom is 1.00 e. The fraction of sp³-hybridized carbons (Fsp3) is 1.00. The molecule has 0 aromatic rings. The van der Waals surface area contributed by atoms with Crippen LogP contribution in [0.15, 0.2) is 0 Å². The van der Waals surface area contributed by atoms with Gasteiger partial charge in [0.2, 0.25) is 4.58 Å². The van der Waals surface area contributed by atoms with Crippen LogP contribution in [0.5, 0.6) is 0 Å². The Bertz CT molecular complexity index is 669. The molecule has 0 heterocycles. The molecule has 0 spiro atoms. The average Bonchev–Trinajstić information content (AvgIpc) is 2.77. The summed E-state index contributed by atoms with van der Waals surface area (Å²) >= 11 is 0. The van der Waals surface area contributed by atoms with Crippen molar-refractivity contribution in [2.24, 2.45) is 0 Å². The van der Waals surface area contributed by atoms with Crippen LogP contribution in [-0.4, -0.2) is 32.6 Å². The van der Waals surface area contributed by atoms with Gasteiger partial charge in [0.05, 0.1) is 6.61 Å². The van der Waals surface area contributed by atoms with E-state index in [1.807, 2.05) is 0 Å². The Morgan fingerprint density at radius 1 is 0.556 bits per heavy atom. The molecule has 1 unspecified atom stereocenters. The van der Waals surface area contributed by atoms with Gasteiger partial charge in [-0.15, -0.1) is 0 Å². The Morgan fingerprint density at radius 3 is 1.19 bits per heavy atom. The molecule has 0 rings (SSSR count). The second-order valence-corrected chi connectivity index (χ2v) is 13.5. The summed E-state index contributed by atoms with van der Waals surface area (Å²) in [5.41, 5.74) is 0. The summed E-state index contributed by atoms with van der Waals surface area (Å²) in [6.45, 7) is 4.34. The van der Waals surface area contributed by atoms with E-state index in [-0.39, 0.29) is 53.6 Å². The third-order valence-corrected chi connectivity index (χ3v) is 10.2. The van der Waals surface area contributed by atoms with Crippen LogP contribution in [-0.2, 0) is 24.4 Å². The molecule has 0 fully saturated rings. The van der Waals surface area contributed by atoms with Gasteiger partial charge in [0, 0.05) is 0 Å². The van der Waals surface area contributed by atoms with E-state index < -0.39 is 24.8 Å². The van der Waals surface area contributed by atoms with Crippen molar-refractivity contribution in [3.63, 3.8) is 0 Å². The fourth-order valence-electron chi connectivity index (χ4n) is 4.26. The van der Waals surface area contributed by atoms with Crippen LogP contribution in [0, 0.1) is 0 Å². The van der Waals surface area contributed by atoms with Gasteiger partial charge in [-0.2, -0.15) is 16.8 Å². The van der Waals surface area contributed by atoms with Crippen LogP contribution in [0.4, 0.5) is 0 Å². The normalized spacial score (nSPS) is 12.6. The molecule has 1 N–H and O–H groups in total. The molecule has 0 saturated carbocycles. The number of hydrogen-bond acceptors (Lipinski definition) is 5. The number of rotatable bonds is 26. The first kappa shape index (κ1) is 41.5. The van der Waals surface area contributed by atoms with Crippen molar-refractivity contribution in [1.82, 2.24) is 0 Å². The van der Waals surface area contributed by atoms with Gasteiger partial charge in [-0.05, 0) is 12.8 Å². The van der Waals surface area contributed by atoms with Crippen LogP contribution in [0.3, 0.4) is 0 Å². The standard InChI is InChI=1S/C26H54O6S2.2Li.2H/c1-3-5-7-9-11-12-13-14-15-16-17-18-19-20-22-24-26(33(27,28)29)34(30,31)32-25-23-21-10-8-6-4-2;;;;/h26H,3-25H2,1-2H3,(H,27,28,29);;;;/q;2*+1;2*-1. The Labute approximate surface area is 251 Å². The zero-order valence-corrected chi connectivity index (χ0v) is 25.8. The molecule has 0 aromatic carbocycles. The van der Waals surface area contributed by atoms with E-state index in [9.17, 15) is 21.4 Å². The monoisotopic (exact) mass is 542 g/mol. The SMILES string of the molecule is CCCCCCCCCCCCCCCCCC(S(=O)(=O)O)S(=O)(=O)OCCCCCCCC.[H-].[H-].[Li+].[Li+]. The van der Waals surface area contributed by atoms with E-state index in [2.05, 4.69) is 13.8 Å². The van der Waals surface area contributed by atoms with Gasteiger partial charge in [-0.1, -0.05) is 142 Å². The van der Waals surface area contributed by atoms with Crippen LogP contribution in [0.2, 0.25) is 0 Å². The molecule has 0 aromatic heterocycles. The first-order chi connectivity index (χ1) is 16.3. The number of unbranched alkanes of at least 4 members (excludes halogenated alkanes) is 19. The third-order valence-electron chi connectivity index (χ3n) is 6.44. The van der Waals surface area contributed by atoms with E-state index in [0.29, 0.717) is 12.8 Å². The molecule has 0 aliphatic rings. The van der Waals surface area contributed by atoms with Gasteiger partial charge in [0.15, 0.2) is 0 Å². The molecule has 0 amide bonds. The van der Waals surface area contributed by atoms with Crippen molar-refractivity contribution >= 4 is 20.2 Å². The zero-order chi connectivity index (χ0) is 25.5. The molecule has 0 bridgehead atoms. The molecule has 10 heteroatoms. The maximum atomic E-state index is 12.3. The second-order valence-electron chi connectivity index (χ2n) is 9.77. The summed E-state index contributed by atoms with van der Waals surface area (Å²) < 4.78 is 60.5. The van der Waals surface area contributed by atoms with Crippen molar-refractivity contribution in [3.8, 4) is 0 Å². The molecule has 0 radical (unpaired) electrons. The summed E-state index contributed by atoms with van der Waals surface area (Å²) in [5, 5.41) is 0. The summed E-state index contributed by atoms with van der Waals surface area (Å²) in [6.07, 6.45) is 23.4. The van der Waals surface area contributed by atoms with E-state index in [4.69, 9.17) is 4.18 Å². The van der Waals surface area contributed by atoms with Crippen molar-refractivity contribution in [2.75, 3.05) is 6.61 Å². The summed E-state index contributed by atoms with van der Waals surface area (Å²) in [4.78, 5) is 0. The van der Waals surface area contributed by atoms with Crippen molar-refractivity contribution in [2.45, 2.75) is 160 Å². The molecular weight excluding hydrogens is 486 g/mol. The Morgan fingerprint density at radius 2 is 0.861 bits per heavy atom. The minimum Gasteiger partial charge on any atom is -1.00 e. The largest absolute Gasteiger partial charge is 1.00 e. The zero-order valence-electron chi connectivity index (χ0n) is 26.1. The van der Waals surface area contributed by atoms with Crippen molar-refractivity contribution < 1.29 is 66.1 Å². The molecule has 210 valence electrons. The number of hydrogen-bond donors (Lipinski definition) is 1. The molecular formula is C26H56Li2O6S2. The quantitative estimate of drug-likeness (QED) is 0.0780. The van der Waals surface area contributed by atoms with Crippen molar-refractivity contribution in [3.05, 3.63) is 0 Å². The van der Waals surface area contributed by atoms with Gasteiger partial charge in [0.1, 0.15) is 0 Å². The predicted octanol–water partition coefficient (Wildman–Crippen LogP) is 2.40. The van der Waals surface area contributed by atoms with Crippen LogP contribution >= 0.6 is 0 Å². The van der Waals surface area contributed by atoms with Gasteiger partial charge in [0.25, 0.3) is 20.2 Å². The molecule has 0 aliphatic carbocycles. The molecule has 36 heavy (non-hydrogen) atoms. The fourth-order valence-corrected chi connectivity index (χ4v) is 7.04. The summed E-state index contributed by atoms with van der Waals surface area (Å²) in [7, 11) is -9.04. The van der Waals surface area contributed by atoms with Crippen LogP contribution in [0.1, 0.15) is 158 Å². The van der Waals surface area contributed by atoms with Crippen LogP contribution < -0.4 is 37.7 Å². The van der Waals surface area contributed by atoms with Gasteiger partial charge < -0.3 is 2.85 Å². The summed E-state index contributed by atoms with van der Waals surface area (Å²) in [5.74, 6) is 0. The van der Waals surface area contributed by atoms with Gasteiger partial charge in [-0.25, -0.2) is 0 Å². The first-order valence-corrected chi connectivity index (χ1v) is 17.1. The maximum absolute atomic E-state index is 12.3. The average molecular weight is 543 g/mol. The first-order valence-electron chi connectivity index (χ1n) is 14.1. The summed E-state index contributed by atoms with van der Waals surface area (Å²) in [6, 6.07) is 0. The predicted molar refractivity (Wildman–Crippen MR) is 145 cm³/mol. The third kappa shape index (κ3) is 25.3. The van der Waals surface area contributed by atoms with Crippen molar-refractivity contribution in [1.29, 1.82) is 0 Å². The van der Waals surface area contributed by atoms with E-state index >= 15 is 0 Å². The van der Waals surface area contributed by atoms with E-state index in [1.165, 1.54) is 64.2 Å². The Kier molecular flexibility index (Phi) is 31.8. The topological polar surface area (TPSA) is 97.7 Å². The Balaban J connectivity index is -0.000000907. The Hall–Kier alpha value is 1.01. The second kappa shape index (κ2) is 27.6. The molecule has 1 atom stereocenters. The van der Waals surface area contributed by atoms with E-state index in [1.54, 1.807) is 0 Å². The minimum atomic E-state index is -4.71. The molecule has 0 aliphatic heterocycles. The van der Waals surface area contributed by atoms with Gasteiger partial charge >= 0.3 is 37.7 Å².